The summed E-state index contributed by atoms with van der Waals surface area (Å²) in [5.41, 5.74) is 0.165. The Morgan fingerprint density at radius 1 is 0.707 bits per heavy atom. The molecular formula is C26H29O15+. The van der Waals surface area contributed by atoms with Crippen molar-refractivity contribution >= 4 is 11.0 Å². The van der Waals surface area contributed by atoms with E-state index < -0.39 is 80.0 Å². The van der Waals surface area contributed by atoms with E-state index in [9.17, 15) is 51.1 Å². The molecule has 2 aliphatic rings. The Bertz CT molecular complexity index is 1400. The maximum Gasteiger partial charge on any atom is 0.402 e. The van der Waals surface area contributed by atoms with Crippen molar-refractivity contribution < 1.29 is 74.4 Å². The molecule has 2 saturated heterocycles. The zero-order valence-corrected chi connectivity index (χ0v) is 21.1. The Kier molecular flexibility index (Phi) is 8.06. The Hall–Kier alpha value is -3.51. The van der Waals surface area contributed by atoms with Crippen molar-refractivity contribution in [1.29, 1.82) is 0 Å². The molecule has 0 spiro atoms. The summed E-state index contributed by atoms with van der Waals surface area (Å²) in [6.45, 7) is -1.39. The Balaban J connectivity index is 1.46. The first-order valence-corrected chi connectivity index (χ1v) is 12.4. The number of hydrogen-bond acceptors (Lipinski definition) is 14. The minimum Gasteiger partial charge on any atom is -0.507 e. The fourth-order valence-electron chi connectivity index (χ4n) is 4.71. The van der Waals surface area contributed by atoms with Crippen molar-refractivity contribution in [3.63, 3.8) is 0 Å². The van der Waals surface area contributed by atoms with E-state index in [1.165, 1.54) is 24.3 Å². The van der Waals surface area contributed by atoms with Gasteiger partial charge in [-0.1, -0.05) is 0 Å². The molecule has 1 aromatic heterocycles. The molecular weight excluding hydrogens is 552 g/mol. The average molecular weight is 582 g/mol. The van der Waals surface area contributed by atoms with Crippen LogP contribution in [0.3, 0.4) is 0 Å². The molecule has 2 aromatic carbocycles. The zero-order chi connectivity index (χ0) is 29.6. The van der Waals surface area contributed by atoms with Gasteiger partial charge in [0.1, 0.15) is 59.6 Å². The van der Waals surface area contributed by atoms with Gasteiger partial charge in [-0.15, -0.1) is 0 Å². The summed E-state index contributed by atoms with van der Waals surface area (Å²) in [7, 11) is 0. The van der Waals surface area contributed by atoms with Gasteiger partial charge in [-0.3, -0.25) is 0 Å². The number of ether oxygens (including phenoxy) is 4. The van der Waals surface area contributed by atoms with Gasteiger partial charge in [0.15, 0.2) is 17.8 Å². The highest BCUT2D eigenvalue weighted by Crippen LogP contribution is 2.42. The van der Waals surface area contributed by atoms with Gasteiger partial charge in [0.2, 0.25) is 12.0 Å². The van der Waals surface area contributed by atoms with Gasteiger partial charge in [0.25, 0.3) is 0 Å². The molecule has 0 radical (unpaired) electrons. The van der Waals surface area contributed by atoms with Gasteiger partial charge in [0, 0.05) is 18.2 Å². The normalized spacial score (nSPS) is 31.9. The molecule has 0 aliphatic carbocycles. The number of rotatable bonds is 7. The number of aliphatic hydroxyl groups excluding tert-OH is 6. The standard InChI is InChI=1S/C26H28O15/c27-7-17-19(33)21(35)26(39-17)41-24-18(8-28)40-25(22(36)20(24)34)38-16-6-11-13(31)4-10(29)5-15(11)37-23(16)9-1-2-12(30)14(32)3-9/h1-6,17-22,24-28,33-36H,7-8H2,(H3-,29,30,31,32)/p+1/t17-,18-,19+,20-,21-,22-,24+,25?,26+/m1/s1. The second-order valence-corrected chi connectivity index (χ2v) is 9.65. The minimum atomic E-state index is -1.84. The predicted molar refractivity (Wildman–Crippen MR) is 134 cm³/mol. The first-order valence-electron chi connectivity index (χ1n) is 12.4. The molecule has 5 rings (SSSR count). The largest absolute Gasteiger partial charge is 0.507 e. The van der Waals surface area contributed by atoms with E-state index >= 15 is 0 Å². The topological polar surface area (TPSA) is 251 Å². The molecule has 2 fully saturated rings. The maximum absolute atomic E-state index is 10.9. The maximum atomic E-state index is 10.9. The molecule has 41 heavy (non-hydrogen) atoms. The first kappa shape index (κ1) is 29.0. The Morgan fingerprint density at radius 2 is 1.39 bits per heavy atom. The number of phenols is 4. The van der Waals surface area contributed by atoms with E-state index in [4.69, 9.17) is 23.4 Å². The lowest BCUT2D eigenvalue weighted by Gasteiger charge is -2.42. The van der Waals surface area contributed by atoms with Gasteiger partial charge in [0.05, 0.1) is 24.8 Å². The molecule has 9 atom stereocenters. The van der Waals surface area contributed by atoms with Gasteiger partial charge in [-0.05, 0) is 12.1 Å². The van der Waals surface area contributed by atoms with Crippen LogP contribution in [0, 0.1) is 0 Å². The van der Waals surface area contributed by atoms with Gasteiger partial charge >= 0.3 is 11.3 Å². The van der Waals surface area contributed by atoms with Crippen LogP contribution in [0.15, 0.2) is 40.8 Å². The molecule has 0 amide bonds. The van der Waals surface area contributed by atoms with E-state index in [0.717, 1.165) is 12.1 Å². The average Bonchev–Trinajstić information content (AvgIpc) is 3.22. The molecule has 10 N–H and O–H groups in total. The highest BCUT2D eigenvalue weighted by atomic mass is 16.7. The summed E-state index contributed by atoms with van der Waals surface area (Å²) >= 11 is 0. The quantitative estimate of drug-likeness (QED) is 0.117. The Labute approximate surface area is 230 Å². The van der Waals surface area contributed by atoms with E-state index in [0.29, 0.717) is 0 Å². The van der Waals surface area contributed by atoms with Crippen molar-refractivity contribution in [3.8, 4) is 40.1 Å². The van der Waals surface area contributed by atoms with E-state index in [1.807, 2.05) is 0 Å². The number of hydrogen-bond donors (Lipinski definition) is 10. The molecule has 0 bridgehead atoms. The number of aromatic hydroxyl groups is 4. The monoisotopic (exact) mass is 581 g/mol. The zero-order valence-electron chi connectivity index (χ0n) is 21.1. The molecule has 0 saturated carbocycles. The molecule has 3 aromatic rings. The highest BCUT2D eigenvalue weighted by Gasteiger charge is 2.51. The van der Waals surface area contributed by atoms with Crippen molar-refractivity contribution in [1.82, 2.24) is 0 Å². The van der Waals surface area contributed by atoms with Crippen LogP contribution in [-0.2, 0) is 14.2 Å². The molecule has 3 heterocycles. The van der Waals surface area contributed by atoms with Crippen molar-refractivity contribution in [2.24, 2.45) is 0 Å². The SMILES string of the molecule is OC[C@H]1O[C@@H](O[C@@H]2[C@H](O)[C@@H](O)C(Oc3cc4c(O)cc(O)cc4[o+]c3-c3ccc(O)c(O)c3)O[C@@H]2CO)[C@H](O)[C@H]1O. The third-order valence-electron chi connectivity index (χ3n) is 6.91. The van der Waals surface area contributed by atoms with Crippen LogP contribution in [0.5, 0.6) is 28.7 Å². The fourth-order valence-corrected chi connectivity index (χ4v) is 4.71. The third-order valence-corrected chi connectivity index (χ3v) is 6.91. The number of phenolic OH excluding ortho intramolecular Hbond substituents is 4. The third kappa shape index (κ3) is 5.42. The van der Waals surface area contributed by atoms with Crippen LogP contribution in [-0.4, -0.2) is 120 Å². The van der Waals surface area contributed by atoms with Crippen molar-refractivity contribution in [2.45, 2.75) is 55.3 Å². The predicted octanol–water partition coefficient (Wildman–Crippen LogP) is -1.15. The Morgan fingerprint density at radius 3 is 2.05 bits per heavy atom. The minimum absolute atomic E-state index is 0.00255. The summed E-state index contributed by atoms with van der Waals surface area (Å²) in [5, 5.41) is 101. The van der Waals surface area contributed by atoms with E-state index in [1.54, 1.807) is 0 Å². The molecule has 2 aliphatic heterocycles. The van der Waals surface area contributed by atoms with Crippen LogP contribution in [0.25, 0.3) is 22.3 Å². The lowest BCUT2D eigenvalue weighted by molar-refractivity contribution is -0.315. The van der Waals surface area contributed by atoms with Crippen LogP contribution < -0.4 is 4.74 Å². The molecule has 222 valence electrons. The summed E-state index contributed by atoms with van der Waals surface area (Å²) < 4.78 is 28.1. The van der Waals surface area contributed by atoms with Gasteiger partial charge < -0.3 is 70.0 Å². The van der Waals surface area contributed by atoms with Crippen LogP contribution in [0.2, 0.25) is 0 Å². The lowest BCUT2D eigenvalue weighted by Crippen LogP contribution is -2.62. The van der Waals surface area contributed by atoms with E-state index in [2.05, 4.69) is 0 Å². The second-order valence-electron chi connectivity index (χ2n) is 9.65. The molecule has 1 unspecified atom stereocenters. The number of aliphatic hydroxyl groups is 6. The van der Waals surface area contributed by atoms with Gasteiger partial charge in [-0.25, -0.2) is 4.42 Å². The fraction of sp³-hybridized carbons (Fsp3) is 0.423. The lowest BCUT2D eigenvalue weighted by atomic mass is 9.98. The van der Waals surface area contributed by atoms with Crippen molar-refractivity contribution in [2.75, 3.05) is 13.2 Å². The number of benzene rings is 2. The second kappa shape index (κ2) is 11.4. The summed E-state index contributed by atoms with van der Waals surface area (Å²) in [6.07, 6.45) is -14.0. The molecule has 15 heteroatoms. The van der Waals surface area contributed by atoms with E-state index in [-0.39, 0.29) is 39.5 Å². The van der Waals surface area contributed by atoms with Crippen LogP contribution in [0.4, 0.5) is 0 Å². The number of fused-ring (bicyclic) bond motifs is 1. The van der Waals surface area contributed by atoms with Crippen LogP contribution >= 0.6 is 0 Å². The highest BCUT2D eigenvalue weighted by molar-refractivity contribution is 5.88. The first-order chi connectivity index (χ1) is 19.5. The van der Waals surface area contributed by atoms with Crippen molar-refractivity contribution in [3.05, 3.63) is 36.4 Å². The summed E-state index contributed by atoms with van der Waals surface area (Å²) in [5.74, 6) is -1.91. The molecule has 15 nitrogen and oxygen atoms in total. The smallest absolute Gasteiger partial charge is 0.402 e. The summed E-state index contributed by atoms with van der Waals surface area (Å²) in [6, 6.07) is 7.22. The summed E-state index contributed by atoms with van der Waals surface area (Å²) in [4.78, 5) is 0. The van der Waals surface area contributed by atoms with Gasteiger partial charge in [-0.2, -0.15) is 0 Å². The van der Waals surface area contributed by atoms with Crippen LogP contribution in [0.1, 0.15) is 0 Å².